The third-order valence-electron chi connectivity index (χ3n) is 5.10. The summed E-state index contributed by atoms with van der Waals surface area (Å²) in [6, 6.07) is 11.5. The lowest BCUT2D eigenvalue weighted by Gasteiger charge is -2.17. The van der Waals surface area contributed by atoms with E-state index in [-0.39, 0.29) is 22.1 Å². The number of hydrogen-bond donors (Lipinski definition) is 1. The zero-order valence-corrected chi connectivity index (χ0v) is 19.2. The number of non-ortho nitro benzene ring substituents is 1. The van der Waals surface area contributed by atoms with E-state index in [0.717, 1.165) is 25.9 Å². The third kappa shape index (κ3) is 4.64. The summed E-state index contributed by atoms with van der Waals surface area (Å²) in [4.78, 5) is 12.7. The molecule has 0 unspecified atom stereocenters. The van der Waals surface area contributed by atoms with Crippen LogP contribution in [0.3, 0.4) is 0 Å². The van der Waals surface area contributed by atoms with E-state index in [1.165, 1.54) is 55.6 Å². The van der Waals surface area contributed by atoms with Gasteiger partial charge in [-0.3, -0.25) is 10.1 Å². The lowest BCUT2D eigenvalue weighted by atomic mass is 10.3. The molecule has 0 aliphatic carbocycles. The largest absolute Gasteiger partial charge is 0.497 e. The summed E-state index contributed by atoms with van der Waals surface area (Å²) < 4.78 is 32.0. The summed E-state index contributed by atoms with van der Waals surface area (Å²) in [6.45, 7) is 1.49. The fraction of sp³-hybridized carbons (Fsp3) is 0.250. The topological polar surface area (TPSA) is 132 Å². The Kier molecular flexibility index (Phi) is 6.24. The molecule has 0 atom stereocenters. The maximum Gasteiger partial charge on any atom is 0.299 e. The van der Waals surface area contributed by atoms with Crippen molar-refractivity contribution in [2.45, 2.75) is 17.7 Å². The first-order chi connectivity index (χ1) is 15.8. The van der Waals surface area contributed by atoms with Crippen molar-refractivity contribution < 1.29 is 18.1 Å². The van der Waals surface area contributed by atoms with Gasteiger partial charge in [0.05, 0.1) is 16.9 Å². The van der Waals surface area contributed by atoms with Gasteiger partial charge < -0.3 is 15.0 Å². The van der Waals surface area contributed by atoms with Crippen molar-refractivity contribution >= 4 is 44.4 Å². The third-order valence-corrected chi connectivity index (χ3v) is 7.02. The number of thiocarbonyl (C=S) groups is 1. The van der Waals surface area contributed by atoms with Crippen LogP contribution in [0.25, 0.3) is 0 Å². The molecule has 2 aromatic carbocycles. The number of anilines is 2. The number of nitro groups is 1. The van der Waals surface area contributed by atoms with E-state index in [9.17, 15) is 18.5 Å². The zero-order chi connectivity index (χ0) is 23.6. The minimum Gasteiger partial charge on any atom is -0.497 e. The van der Waals surface area contributed by atoms with Crippen LogP contribution in [0, 0.1) is 10.1 Å². The molecule has 2 heterocycles. The minimum absolute atomic E-state index is 0.0150. The van der Waals surface area contributed by atoms with E-state index >= 15 is 0 Å². The molecule has 4 rings (SSSR count). The highest BCUT2D eigenvalue weighted by Gasteiger charge is 2.28. The summed E-state index contributed by atoms with van der Waals surface area (Å²) in [6.07, 6.45) is 1.95. The van der Waals surface area contributed by atoms with Gasteiger partial charge in [0.1, 0.15) is 10.7 Å². The second kappa shape index (κ2) is 9.11. The summed E-state index contributed by atoms with van der Waals surface area (Å²) in [5.74, 6) is 0.650. The molecule has 1 aliphatic heterocycles. The molecule has 0 saturated carbocycles. The van der Waals surface area contributed by atoms with Crippen LogP contribution in [0.2, 0.25) is 0 Å². The second-order valence-corrected chi connectivity index (χ2v) is 9.36. The fourth-order valence-corrected chi connectivity index (χ4v) is 4.71. The van der Waals surface area contributed by atoms with Crippen molar-refractivity contribution in [1.29, 1.82) is 0 Å². The van der Waals surface area contributed by atoms with E-state index in [1.807, 2.05) is 4.90 Å². The fourth-order valence-electron chi connectivity index (χ4n) is 3.34. The number of aromatic nitrogens is 3. The highest BCUT2D eigenvalue weighted by molar-refractivity contribution is 7.89. The number of ether oxygens (including phenoxy) is 1. The molecule has 0 spiro atoms. The molecule has 172 valence electrons. The molecule has 1 aromatic heterocycles. The Morgan fingerprint density at radius 1 is 1.09 bits per heavy atom. The predicted molar refractivity (Wildman–Crippen MR) is 124 cm³/mol. The number of benzene rings is 2. The number of nitro benzene ring substituents is 1. The van der Waals surface area contributed by atoms with Crippen molar-refractivity contribution in [2.24, 2.45) is 0 Å². The van der Waals surface area contributed by atoms with Crippen LogP contribution in [-0.2, 0) is 10.0 Å². The molecule has 33 heavy (non-hydrogen) atoms. The molecule has 0 radical (unpaired) electrons. The molecule has 0 bridgehead atoms. The number of nitrogens with zero attached hydrogens (tertiary/aromatic N) is 5. The monoisotopic (exact) mass is 488 g/mol. The van der Waals surface area contributed by atoms with Crippen molar-refractivity contribution in [3.63, 3.8) is 0 Å². The number of hydrogen-bond acceptors (Lipinski definition) is 9. The zero-order valence-electron chi connectivity index (χ0n) is 17.5. The molecule has 3 aromatic rings. The Balaban J connectivity index is 1.72. The Morgan fingerprint density at radius 2 is 1.73 bits per heavy atom. The summed E-state index contributed by atoms with van der Waals surface area (Å²) in [5, 5.41) is 22.3. The van der Waals surface area contributed by atoms with Crippen molar-refractivity contribution in [3.8, 4) is 5.75 Å². The number of likely N-dealkylation sites (tertiary alicyclic amines) is 1. The van der Waals surface area contributed by atoms with Gasteiger partial charge in [-0.15, -0.1) is 10.2 Å². The Labute approximate surface area is 195 Å². The summed E-state index contributed by atoms with van der Waals surface area (Å²) >= 11 is 5.59. The number of rotatable bonds is 7. The quantitative estimate of drug-likeness (QED) is 0.301. The van der Waals surface area contributed by atoms with Crippen LogP contribution in [0.4, 0.5) is 17.2 Å². The highest BCUT2D eigenvalue weighted by Crippen LogP contribution is 2.25. The Hall–Kier alpha value is -3.58. The van der Waals surface area contributed by atoms with E-state index in [1.54, 1.807) is 0 Å². The lowest BCUT2D eigenvalue weighted by Crippen LogP contribution is -2.28. The second-order valence-electron chi connectivity index (χ2n) is 7.23. The highest BCUT2D eigenvalue weighted by atomic mass is 32.2. The Bertz CT molecular complexity index is 1280. The van der Waals surface area contributed by atoms with Gasteiger partial charge in [-0.1, -0.05) is 16.4 Å². The van der Waals surface area contributed by atoms with Crippen LogP contribution < -0.4 is 10.1 Å². The van der Waals surface area contributed by atoms with Gasteiger partial charge >= 0.3 is 0 Å². The summed E-state index contributed by atoms with van der Waals surface area (Å²) in [7, 11) is -2.62. The van der Waals surface area contributed by atoms with Crippen LogP contribution >= 0.6 is 12.2 Å². The van der Waals surface area contributed by atoms with Gasteiger partial charge in [-0.25, -0.2) is 0 Å². The van der Waals surface area contributed by atoms with Gasteiger partial charge in [0, 0.05) is 30.9 Å². The lowest BCUT2D eigenvalue weighted by molar-refractivity contribution is -0.384. The molecule has 1 aliphatic rings. The van der Waals surface area contributed by atoms with E-state index in [4.69, 9.17) is 17.0 Å². The Morgan fingerprint density at radius 3 is 2.30 bits per heavy atom. The smallest absolute Gasteiger partial charge is 0.299 e. The van der Waals surface area contributed by atoms with Crippen molar-refractivity contribution in [3.05, 3.63) is 64.3 Å². The van der Waals surface area contributed by atoms with Gasteiger partial charge in [0.2, 0.25) is 0 Å². The first kappa shape index (κ1) is 22.6. The average Bonchev–Trinajstić information content (AvgIpc) is 3.50. The standard InChI is InChI=1S/C20H20N6O5S2/c1-31-16-8-10-17(11-9-16)33(29,30)26-22-18(20(32)24-12-2-3-13-24)19(23-26)21-14-4-6-15(7-5-14)25(27)28/h4-11H,2-3,12-13H2,1H3,(H,21,23). The molecule has 11 nitrogen and oxygen atoms in total. The first-order valence-electron chi connectivity index (χ1n) is 9.97. The SMILES string of the molecule is COc1ccc(S(=O)(=O)n2nc(Nc3ccc([N+](=O)[O-])cc3)c(C(=S)N3CCCC3)n2)cc1. The summed E-state index contributed by atoms with van der Waals surface area (Å²) in [5.41, 5.74) is 0.612. The van der Waals surface area contributed by atoms with E-state index in [0.29, 0.717) is 20.6 Å². The first-order valence-corrected chi connectivity index (χ1v) is 11.8. The van der Waals surface area contributed by atoms with Crippen molar-refractivity contribution in [2.75, 3.05) is 25.5 Å². The van der Waals surface area contributed by atoms with Gasteiger partial charge in [-0.05, 0) is 49.2 Å². The molecule has 1 saturated heterocycles. The van der Waals surface area contributed by atoms with Crippen molar-refractivity contribution in [1.82, 2.24) is 19.3 Å². The average molecular weight is 489 g/mol. The van der Waals surface area contributed by atoms with Gasteiger partial charge in [-0.2, -0.15) is 8.42 Å². The molecule has 1 N–H and O–H groups in total. The molecule has 13 heteroatoms. The van der Waals surface area contributed by atoms with Crippen LogP contribution in [0.5, 0.6) is 5.75 Å². The normalized spacial score (nSPS) is 13.7. The maximum absolute atomic E-state index is 13.2. The molecular formula is C20H20N6O5S2. The van der Waals surface area contributed by atoms with Crippen LogP contribution in [-0.4, -0.2) is 57.8 Å². The molecule has 0 amide bonds. The number of methoxy groups -OCH3 is 1. The van der Waals surface area contributed by atoms with E-state index in [2.05, 4.69) is 15.5 Å². The van der Waals surface area contributed by atoms with Crippen LogP contribution in [0.15, 0.2) is 53.4 Å². The maximum atomic E-state index is 13.2. The number of nitrogens with one attached hydrogen (secondary N) is 1. The van der Waals surface area contributed by atoms with E-state index < -0.39 is 14.9 Å². The molecule has 1 fully saturated rings. The minimum atomic E-state index is -4.10. The van der Waals surface area contributed by atoms with Gasteiger partial charge in [0.15, 0.2) is 11.5 Å². The predicted octanol–water partition coefficient (Wildman–Crippen LogP) is 2.95. The molecular weight excluding hydrogens is 468 g/mol. The van der Waals surface area contributed by atoms with Crippen LogP contribution in [0.1, 0.15) is 18.5 Å². The van der Waals surface area contributed by atoms with Gasteiger partial charge in [0.25, 0.3) is 15.7 Å².